The fourth-order valence-electron chi connectivity index (χ4n) is 2.73. The third-order valence-electron chi connectivity index (χ3n) is 3.87. The molecule has 2 rings (SSSR count). The molecule has 1 fully saturated rings. The van der Waals surface area contributed by atoms with Crippen molar-refractivity contribution in [2.24, 2.45) is 5.84 Å². The first-order valence-electron chi connectivity index (χ1n) is 7.78. The van der Waals surface area contributed by atoms with Crippen LogP contribution in [0.4, 0.5) is 11.6 Å². The van der Waals surface area contributed by atoms with Gasteiger partial charge in [0.25, 0.3) is 0 Å². The molecule has 1 aromatic rings. The lowest BCUT2D eigenvalue weighted by Crippen LogP contribution is -2.41. The van der Waals surface area contributed by atoms with Gasteiger partial charge in [-0.25, -0.2) is 15.8 Å². The summed E-state index contributed by atoms with van der Waals surface area (Å²) in [5.41, 5.74) is 3.70. The van der Waals surface area contributed by atoms with Gasteiger partial charge in [-0.3, -0.25) is 0 Å². The molecule has 0 bridgehead atoms. The van der Waals surface area contributed by atoms with Crippen LogP contribution in [0.2, 0.25) is 0 Å². The maximum atomic E-state index is 5.78. The average Bonchev–Trinajstić information content (AvgIpc) is 2.48. The van der Waals surface area contributed by atoms with Gasteiger partial charge in [0.15, 0.2) is 0 Å². The van der Waals surface area contributed by atoms with Crippen LogP contribution in [0.5, 0.6) is 0 Å². The minimum absolute atomic E-state index is 0.268. The van der Waals surface area contributed by atoms with E-state index in [-0.39, 0.29) is 12.0 Å². The van der Waals surface area contributed by atoms with Crippen LogP contribution < -0.4 is 16.2 Å². The molecule has 0 spiro atoms. The van der Waals surface area contributed by atoms with E-state index in [0.29, 0.717) is 5.82 Å². The minimum Gasteiger partial charge on any atom is -0.377 e. The third kappa shape index (κ3) is 3.63. The number of rotatable bonds is 5. The summed E-state index contributed by atoms with van der Waals surface area (Å²) in [6.45, 7) is 10.9. The molecule has 1 aliphatic rings. The Balaban J connectivity index is 2.30. The Morgan fingerprint density at radius 3 is 2.81 bits per heavy atom. The first kappa shape index (κ1) is 16.0. The van der Waals surface area contributed by atoms with Gasteiger partial charge in [0.05, 0.1) is 6.10 Å². The standard InChI is InChI=1S/C15H27N5O/c1-5-21-12-7-6-8-20(9-12)15-11(4)14(19-16)17-13(18-15)10(2)3/h10,12H,5-9,16H2,1-4H3,(H,17,18,19). The summed E-state index contributed by atoms with van der Waals surface area (Å²) in [5, 5.41) is 0. The van der Waals surface area contributed by atoms with Crippen LogP contribution in [-0.4, -0.2) is 35.8 Å². The van der Waals surface area contributed by atoms with E-state index in [1.54, 1.807) is 0 Å². The molecule has 118 valence electrons. The molecule has 2 heterocycles. The first-order valence-corrected chi connectivity index (χ1v) is 7.78. The largest absolute Gasteiger partial charge is 0.377 e. The van der Waals surface area contributed by atoms with Gasteiger partial charge >= 0.3 is 0 Å². The van der Waals surface area contributed by atoms with E-state index in [9.17, 15) is 0 Å². The zero-order chi connectivity index (χ0) is 15.4. The van der Waals surface area contributed by atoms with Crippen LogP contribution in [0, 0.1) is 6.92 Å². The van der Waals surface area contributed by atoms with Crippen LogP contribution in [0.25, 0.3) is 0 Å². The number of piperidine rings is 1. The predicted octanol–water partition coefficient (Wildman–Crippen LogP) is 2.20. The molecule has 0 aromatic carbocycles. The number of aromatic nitrogens is 2. The molecule has 0 radical (unpaired) electrons. The lowest BCUT2D eigenvalue weighted by molar-refractivity contribution is 0.0525. The van der Waals surface area contributed by atoms with Crippen molar-refractivity contribution in [3.8, 4) is 0 Å². The van der Waals surface area contributed by atoms with Crippen molar-refractivity contribution >= 4 is 11.6 Å². The van der Waals surface area contributed by atoms with Crippen LogP contribution in [0.3, 0.4) is 0 Å². The predicted molar refractivity (Wildman–Crippen MR) is 85.5 cm³/mol. The van der Waals surface area contributed by atoms with E-state index in [4.69, 9.17) is 15.6 Å². The molecule has 0 aliphatic carbocycles. The van der Waals surface area contributed by atoms with Gasteiger partial charge in [0.1, 0.15) is 17.5 Å². The molecule has 21 heavy (non-hydrogen) atoms. The van der Waals surface area contributed by atoms with E-state index >= 15 is 0 Å². The van der Waals surface area contributed by atoms with E-state index in [1.165, 1.54) is 0 Å². The van der Waals surface area contributed by atoms with E-state index in [2.05, 4.69) is 29.2 Å². The van der Waals surface area contributed by atoms with Crippen molar-refractivity contribution in [3.05, 3.63) is 11.4 Å². The van der Waals surface area contributed by atoms with Crippen molar-refractivity contribution < 1.29 is 4.74 Å². The van der Waals surface area contributed by atoms with Crippen LogP contribution >= 0.6 is 0 Å². The van der Waals surface area contributed by atoms with Crippen molar-refractivity contribution in [3.63, 3.8) is 0 Å². The number of hydrogen-bond acceptors (Lipinski definition) is 6. The van der Waals surface area contributed by atoms with Gasteiger partial charge < -0.3 is 15.1 Å². The molecule has 1 saturated heterocycles. The van der Waals surface area contributed by atoms with E-state index < -0.39 is 0 Å². The molecule has 1 aromatic heterocycles. The Bertz CT molecular complexity index is 475. The Labute approximate surface area is 127 Å². The number of nitrogens with two attached hydrogens (primary N) is 1. The summed E-state index contributed by atoms with van der Waals surface area (Å²) in [6.07, 6.45) is 2.53. The van der Waals surface area contributed by atoms with Gasteiger partial charge in [0, 0.05) is 31.2 Å². The lowest BCUT2D eigenvalue weighted by Gasteiger charge is -2.34. The fourth-order valence-corrected chi connectivity index (χ4v) is 2.73. The molecular formula is C15H27N5O. The summed E-state index contributed by atoms with van der Waals surface area (Å²) >= 11 is 0. The second-order valence-electron chi connectivity index (χ2n) is 5.84. The maximum absolute atomic E-state index is 5.78. The normalized spacial score (nSPS) is 19.1. The van der Waals surface area contributed by atoms with Crippen LogP contribution in [-0.2, 0) is 4.74 Å². The molecule has 3 N–H and O–H groups in total. The summed E-state index contributed by atoms with van der Waals surface area (Å²) in [6, 6.07) is 0. The molecule has 1 aliphatic heterocycles. The van der Waals surface area contributed by atoms with E-state index in [0.717, 1.165) is 49.7 Å². The highest BCUT2D eigenvalue weighted by atomic mass is 16.5. The van der Waals surface area contributed by atoms with Crippen molar-refractivity contribution in [2.75, 3.05) is 30.0 Å². The second kappa shape index (κ2) is 7.04. The smallest absolute Gasteiger partial charge is 0.148 e. The molecule has 6 heteroatoms. The molecular weight excluding hydrogens is 266 g/mol. The van der Waals surface area contributed by atoms with Gasteiger partial charge in [-0.15, -0.1) is 0 Å². The second-order valence-corrected chi connectivity index (χ2v) is 5.84. The number of hydrazine groups is 1. The van der Waals surface area contributed by atoms with E-state index in [1.807, 2.05) is 13.8 Å². The Kier molecular flexibility index (Phi) is 5.36. The number of ether oxygens (including phenoxy) is 1. The number of nitrogen functional groups attached to an aromatic ring is 1. The van der Waals surface area contributed by atoms with Crippen LogP contribution in [0.15, 0.2) is 0 Å². The number of nitrogens with zero attached hydrogens (tertiary/aromatic N) is 3. The van der Waals surface area contributed by atoms with Crippen molar-refractivity contribution in [2.45, 2.75) is 52.6 Å². The highest BCUT2D eigenvalue weighted by Gasteiger charge is 2.24. The Hall–Kier alpha value is -1.40. The average molecular weight is 293 g/mol. The summed E-state index contributed by atoms with van der Waals surface area (Å²) in [5.74, 6) is 8.39. The van der Waals surface area contributed by atoms with Crippen molar-refractivity contribution in [1.82, 2.24) is 9.97 Å². The third-order valence-corrected chi connectivity index (χ3v) is 3.87. The highest BCUT2D eigenvalue weighted by Crippen LogP contribution is 2.28. The SMILES string of the molecule is CCOC1CCCN(c2nc(C(C)C)nc(NN)c2C)C1. The maximum Gasteiger partial charge on any atom is 0.148 e. The quantitative estimate of drug-likeness (QED) is 0.640. The van der Waals surface area contributed by atoms with Gasteiger partial charge in [0.2, 0.25) is 0 Å². The molecule has 1 unspecified atom stereocenters. The number of hydrogen-bond donors (Lipinski definition) is 2. The summed E-state index contributed by atoms with van der Waals surface area (Å²) < 4.78 is 5.78. The van der Waals surface area contributed by atoms with Gasteiger partial charge in [-0.2, -0.15) is 0 Å². The highest BCUT2D eigenvalue weighted by molar-refractivity contribution is 5.58. The molecule has 0 amide bonds. The first-order chi connectivity index (χ1) is 10.1. The molecule has 1 atom stereocenters. The molecule has 6 nitrogen and oxygen atoms in total. The van der Waals surface area contributed by atoms with Gasteiger partial charge in [-0.05, 0) is 26.7 Å². The lowest BCUT2D eigenvalue weighted by atomic mass is 10.1. The Morgan fingerprint density at radius 2 is 2.19 bits per heavy atom. The van der Waals surface area contributed by atoms with Crippen molar-refractivity contribution in [1.29, 1.82) is 0 Å². The Morgan fingerprint density at radius 1 is 1.43 bits per heavy atom. The zero-order valence-corrected chi connectivity index (χ0v) is 13.5. The summed E-state index contributed by atoms with van der Waals surface area (Å²) in [7, 11) is 0. The molecule has 0 saturated carbocycles. The number of nitrogens with one attached hydrogen (secondary N) is 1. The zero-order valence-electron chi connectivity index (χ0n) is 13.5. The van der Waals surface area contributed by atoms with Gasteiger partial charge in [-0.1, -0.05) is 13.8 Å². The summed E-state index contributed by atoms with van der Waals surface area (Å²) in [4.78, 5) is 11.6. The van der Waals surface area contributed by atoms with Crippen LogP contribution in [0.1, 0.15) is 50.9 Å². The monoisotopic (exact) mass is 293 g/mol. The fraction of sp³-hybridized carbons (Fsp3) is 0.733. The number of anilines is 2. The minimum atomic E-state index is 0.268. The topological polar surface area (TPSA) is 76.3 Å².